The minimum absolute atomic E-state index is 0.0268. The third-order valence-electron chi connectivity index (χ3n) is 5.31. The molecule has 0 aliphatic rings. The Hall–Kier alpha value is -4.16. The average molecular weight is 421 g/mol. The highest BCUT2D eigenvalue weighted by Crippen LogP contribution is 2.43. The van der Waals surface area contributed by atoms with Gasteiger partial charge in [0.15, 0.2) is 0 Å². The topological polar surface area (TPSA) is 0 Å². The molecule has 0 heterocycles. The minimum Gasteiger partial charge on any atom is -0.0622 e. The van der Waals surface area contributed by atoms with Gasteiger partial charge in [-0.1, -0.05) is 133 Å². The summed E-state index contributed by atoms with van der Waals surface area (Å²) in [7, 11) is 0. The molecule has 150 valence electrons. The molecular weight excluding hydrogens is 384 g/mol. The van der Waals surface area contributed by atoms with Crippen LogP contribution in [0, 0.1) is 0 Å². The Labute approximate surface area is 208 Å². The molecule has 0 saturated carbocycles. The summed E-state index contributed by atoms with van der Waals surface area (Å²) in [4.78, 5) is 0. The van der Waals surface area contributed by atoms with Crippen molar-refractivity contribution in [2.75, 3.05) is 0 Å². The van der Waals surface area contributed by atoms with Gasteiger partial charge in [0.05, 0.1) is 19.2 Å². The Morgan fingerprint density at radius 2 is 0.656 bits per heavy atom. The van der Waals surface area contributed by atoms with Crippen LogP contribution in [0.5, 0.6) is 0 Å². The highest BCUT2D eigenvalue weighted by atomic mass is 14.2. The summed E-state index contributed by atoms with van der Waals surface area (Å²) in [6.07, 6.45) is 0. The molecule has 0 bridgehead atoms. The van der Waals surface area contributed by atoms with Crippen LogP contribution in [0.1, 0.15) is 19.2 Å². The lowest BCUT2D eigenvalue weighted by Crippen LogP contribution is -1.90. The summed E-state index contributed by atoms with van der Waals surface area (Å²) in [5.41, 5.74) is -0.363. The van der Waals surface area contributed by atoms with Gasteiger partial charge in [0, 0.05) is 0 Å². The lowest BCUT2D eigenvalue weighted by molar-refractivity contribution is 1.61. The molecule has 0 radical (unpaired) electrons. The summed E-state index contributed by atoms with van der Waals surface area (Å²) >= 11 is 0. The van der Waals surface area contributed by atoms with Crippen LogP contribution in [-0.4, -0.2) is 0 Å². The molecule has 0 atom stereocenters. The minimum atomic E-state index is -0.669. The van der Waals surface area contributed by atoms with Crippen molar-refractivity contribution in [3.8, 4) is 33.4 Å². The van der Waals surface area contributed by atoms with Crippen molar-refractivity contribution < 1.29 is 19.2 Å². The quantitative estimate of drug-likeness (QED) is 0.251. The fraction of sp³-hybridized carbons (Fsp3) is 0. The van der Waals surface area contributed by atoms with E-state index in [9.17, 15) is 0 Å². The molecule has 0 spiro atoms. The van der Waals surface area contributed by atoms with Crippen LogP contribution in [0.15, 0.2) is 133 Å². The van der Waals surface area contributed by atoms with E-state index < -0.39 is 95.7 Å². The fourth-order valence-corrected chi connectivity index (χ4v) is 3.98. The Kier molecular flexibility index (Phi) is 2.24. The molecule has 0 unspecified atom stereocenters. The van der Waals surface area contributed by atoms with E-state index >= 15 is 0 Å². The molecule has 32 heavy (non-hydrogen) atoms. The maximum Gasteiger partial charge on any atom is 0.0629 e. The van der Waals surface area contributed by atoms with Crippen LogP contribution in [0.3, 0.4) is 0 Å². The van der Waals surface area contributed by atoms with E-state index in [1.807, 2.05) is 0 Å². The van der Waals surface area contributed by atoms with Gasteiger partial charge >= 0.3 is 0 Å². The molecule has 6 aromatic carbocycles. The monoisotopic (exact) mass is 420 g/mol. The molecule has 0 aliphatic heterocycles. The maximum atomic E-state index is 9.09. The summed E-state index contributed by atoms with van der Waals surface area (Å²) in [5, 5.41) is 1.75. The van der Waals surface area contributed by atoms with Gasteiger partial charge < -0.3 is 0 Å². The van der Waals surface area contributed by atoms with E-state index in [0.29, 0.717) is 32.7 Å². The van der Waals surface area contributed by atoms with E-state index in [-0.39, 0.29) is 11.1 Å². The summed E-state index contributed by atoms with van der Waals surface area (Å²) in [5.74, 6) is 0. The summed E-state index contributed by atoms with van der Waals surface area (Å²) in [6.45, 7) is 0. The zero-order valence-corrected chi connectivity index (χ0v) is 16.6. The van der Waals surface area contributed by atoms with Gasteiger partial charge in [-0.25, -0.2) is 0 Å². The van der Waals surface area contributed by atoms with Crippen LogP contribution >= 0.6 is 0 Å². The zero-order valence-electron chi connectivity index (χ0n) is 30.6. The van der Waals surface area contributed by atoms with Gasteiger partial charge in [-0.05, 0) is 54.9 Å². The first kappa shape index (κ1) is 9.14. The predicted octanol–water partition coefficient (Wildman–Crippen LogP) is 8.99. The molecule has 0 heteroatoms. The Morgan fingerprint density at radius 1 is 0.344 bits per heavy atom. The van der Waals surface area contributed by atoms with Crippen LogP contribution in [0.4, 0.5) is 0 Å². The second kappa shape index (κ2) is 7.83. The van der Waals surface area contributed by atoms with Gasteiger partial charge in [0.2, 0.25) is 0 Å². The van der Waals surface area contributed by atoms with Gasteiger partial charge in [0.1, 0.15) is 0 Å². The molecular formula is C32H22. The standard InChI is InChI=1S/C32H22/c1-3-11-23(12-4-1)24-19-21-26(22-20-24)32-29-17-9-7-15-27(29)31(25-13-5-2-6-14-25)28-16-8-10-18-30(28)32/h1-22H/i1D,2D,3D,4D,5D,6D,11D,12D,13D,14D,19D,20D,21D,22D. The Bertz CT molecular complexity index is 2160. The van der Waals surface area contributed by atoms with Crippen LogP contribution in [0.2, 0.25) is 0 Å². The highest BCUT2D eigenvalue weighted by molar-refractivity contribution is 6.21. The largest absolute Gasteiger partial charge is 0.0629 e. The SMILES string of the molecule is [2H]c1c([2H])c([2H])c(-c2c([2H])c([2H])c(-c3c4ccccc4c(-c4c([2H])c([2H])c([2H])c([2H])c4[2H])c4ccccc34)c([2H])c2[2H])c([2H])c1[2H]. The van der Waals surface area contributed by atoms with E-state index in [1.54, 1.807) is 48.5 Å². The number of benzene rings is 6. The average Bonchev–Trinajstić information content (AvgIpc) is 3.06. The first-order valence-corrected chi connectivity index (χ1v) is 9.90. The molecule has 0 amide bonds. The van der Waals surface area contributed by atoms with E-state index in [4.69, 9.17) is 19.2 Å². The van der Waals surface area contributed by atoms with Crippen molar-refractivity contribution in [1.29, 1.82) is 0 Å². The van der Waals surface area contributed by atoms with E-state index in [2.05, 4.69) is 0 Å². The third-order valence-corrected chi connectivity index (χ3v) is 5.31. The Balaban J connectivity index is 1.79. The van der Waals surface area contributed by atoms with Crippen molar-refractivity contribution in [3.05, 3.63) is 133 Å². The zero-order chi connectivity index (χ0) is 33.5. The van der Waals surface area contributed by atoms with Crippen molar-refractivity contribution >= 4 is 21.5 Å². The molecule has 0 aliphatic carbocycles. The van der Waals surface area contributed by atoms with E-state index in [0.717, 1.165) is 0 Å². The molecule has 0 saturated heterocycles. The molecule has 6 rings (SSSR count). The first-order chi connectivity index (χ1) is 21.7. The van der Waals surface area contributed by atoms with Crippen molar-refractivity contribution in [2.24, 2.45) is 0 Å². The van der Waals surface area contributed by atoms with Crippen molar-refractivity contribution in [3.63, 3.8) is 0 Å². The second-order valence-corrected chi connectivity index (χ2v) is 7.09. The molecule has 0 nitrogen and oxygen atoms in total. The molecule has 6 aromatic rings. The normalized spacial score (nSPS) is 17.2. The molecule has 0 N–H and O–H groups in total. The number of hydrogen-bond donors (Lipinski definition) is 0. The number of hydrogen-bond acceptors (Lipinski definition) is 0. The smallest absolute Gasteiger partial charge is 0.0622 e. The van der Waals surface area contributed by atoms with Crippen molar-refractivity contribution in [1.82, 2.24) is 0 Å². The highest BCUT2D eigenvalue weighted by Gasteiger charge is 2.16. The van der Waals surface area contributed by atoms with Gasteiger partial charge in [-0.3, -0.25) is 0 Å². The third kappa shape index (κ3) is 3.09. The molecule has 0 fully saturated rings. The van der Waals surface area contributed by atoms with Gasteiger partial charge in [-0.2, -0.15) is 0 Å². The second-order valence-electron chi connectivity index (χ2n) is 7.09. The summed E-state index contributed by atoms with van der Waals surface area (Å²) < 4.78 is 119. The lowest BCUT2D eigenvalue weighted by Gasteiger charge is -2.18. The van der Waals surface area contributed by atoms with Gasteiger partial charge in [0.25, 0.3) is 0 Å². The van der Waals surface area contributed by atoms with Crippen LogP contribution in [-0.2, 0) is 0 Å². The maximum absolute atomic E-state index is 9.09. The fourth-order valence-electron chi connectivity index (χ4n) is 3.98. The van der Waals surface area contributed by atoms with Crippen molar-refractivity contribution in [2.45, 2.75) is 0 Å². The Morgan fingerprint density at radius 3 is 1.09 bits per heavy atom. The lowest BCUT2D eigenvalue weighted by atomic mass is 9.86. The van der Waals surface area contributed by atoms with Crippen LogP contribution in [0.25, 0.3) is 54.9 Å². The van der Waals surface area contributed by atoms with Gasteiger partial charge in [-0.15, -0.1) is 0 Å². The predicted molar refractivity (Wildman–Crippen MR) is 138 cm³/mol. The van der Waals surface area contributed by atoms with Crippen LogP contribution < -0.4 is 0 Å². The van der Waals surface area contributed by atoms with E-state index in [1.165, 1.54) is 0 Å². The summed E-state index contributed by atoms with van der Waals surface area (Å²) in [6, 6.07) is 5.71. The number of rotatable bonds is 3. The first-order valence-electron chi connectivity index (χ1n) is 16.9. The number of fused-ring (bicyclic) bond motifs is 2. The molecule has 0 aromatic heterocycles.